The second kappa shape index (κ2) is 10.5. The van der Waals surface area contributed by atoms with E-state index < -0.39 is 5.41 Å². The molecule has 8 heteroatoms. The van der Waals surface area contributed by atoms with Crippen molar-refractivity contribution in [2.24, 2.45) is 5.41 Å². The van der Waals surface area contributed by atoms with E-state index in [0.29, 0.717) is 38.4 Å². The maximum absolute atomic E-state index is 13.5. The maximum atomic E-state index is 13.5. The summed E-state index contributed by atoms with van der Waals surface area (Å²) >= 11 is 0. The zero-order valence-corrected chi connectivity index (χ0v) is 20.3. The quantitative estimate of drug-likeness (QED) is 0.647. The molecule has 1 aromatic carbocycles. The van der Waals surface area contributed by atoms with Crippen molar-refractivity contribution in [1.29, 1.82) is 0 Å². The summed E-state index contributed by atoms with van der Waals surface area (Å²) in [4.78, 5) is 38.5. The molecule has 4 rings (SSSR count). The molecule has 0 N–H and O–H groups in total. The number of methoxy groups -OCH3 is 1. The van der Waals surface area contributed by atoms with Crippen molar-refractivity contribution in [3.63, 3.8) is 0 Å². The number of piperidine rings is 2. The molecule has 2 saturated heterocycles. The molecule has 2 amide bonds. The lowest BCUT2D eigenvalue weighted by Crippen LogP contribution is -2.52. The monoisotopic (exact) mass is 466 g/mol. The normalized spacial score (nSPS) is 20.1. The highest BCUT2D eigenvalue weighted by Gasteiger charge is 2.41. The van der Waals surface area contributed by atoms with Crippen molar-refractivity contribution in [1.82, 2.24) is 19.8 Å². The first-order valence-corrected chi connectivity index (χ1v) is 12.0. The number of hydrogen-bond donors (Lipinski definition) is 0. The van der Waals surface area contributed by atoms with Gasteiger partial charge in [0, 0.05) is 50.8 Å². The van der Waals surface area contributed by atoms with Crippen LogP contribution in [0.5, 0.6) is 11.6 Å². The first kappa shape index (κ1) is 24.1. The summed E-state index contributed by atoms with van der Waals surface area (Å²) in [6.07, 6.45) is 6.63. The highest BCUT2D eigenvalue weighted by molar-refractivity contribution is 5.83. The van der Waals surface area contributed by atoms with Crippen LogP contribution in [0.3, 0.4) is 0 Å². The molecule has 0 aliphatic carbocycles. The van der Waals surface area contributed by atoms with Crippen LogP contribution in [-0.4, -0.2) is 71.5 Å². The van der Waals surface area contributed by atoms with Gasteiger partial charge in [-0.3, -0.25) is 14.6 Å². The van der Waals surface area contributed by atoms with E-state index in [1.165, 1.54) is 7.11 Å². The molecular weight excluding hydrogens is 432 g/mol. The summed E-state index contributed by atoms with van der Waals surface area (Å²) in [5, 5.41) is 0. The Morgan fingerprint density at radius 1 is 1.12 bits per heavy atom. The third-order valence-corrected chi connectivity index (χ3v) is 7.07. The molecule has 182 valence electrons. The molecule has 2 aliphatic rings. The first-order chi connectivity index (χ1) is 16.4. The molecule has 2 aliphatic heterocycles. The van der Waals surface area contributed by atoms with Gasteiger partial charge >= 0.3 is 0 Å². The van der Waals surface area contributed by atoms with Crippen molar-refractivity contribution >= 4 is 11.8 Å². The van der Waals surface area contributed by atoms with Crippen molar-refractivity contribution in [2.75, 3.05) is 39.9 Å². The van der Waals surface area contributed by atoms with Crippen molar-refractivity contribution in [3.05, 3.63) is 47.9 Å². The van der Waals surface area contributed by atoms with Crippen LogP contribution in [0.2, 0.25) is 0 Å². The Balaban J connectivity index is 1.40. The summed E-state index contributed by atoms with van der Waals surface area (Å²) in [5.41, 5.74) is 1.44. The van der Waals surface area contributed by atoms with Crippen LogP contribution in [0.15, 0.2) is 36.7 Å². The number of ether oxygens (including phenoxy) is 2. The van der Waals surface area contributed by atoms with E-state index in [4.69, 9.17) is 14.5 Å². The second-order valence-electron chi connectivity index (χ2n) is 9.61. The predicted molar refractivity (Wildman–Crippen MR) is 128 cm³/mol. The van der Waals surface area contributed by atoms with Gasteiger partial charge in [-0.15, -0.1) is 0 Å². The van der Waals surface area contributed by atoms with E-state index in [1.807, 2.05) is 43.0 Å². The number of para-hydroxylation sites is 1. The Kier molecular flexibility index (Phi) is 7.46. The van der Waals surface area contributed by atoms with Gasteiger partial charge in [0.05, 0.1) is 11.9 Å². The fourth-order valence-corrected chi connectivity index (χ4v) is 4.85. The molecular formula is C26H34N4O4. The summed E-state index contributed by atoms with van der Waals surface area (Å²) < 4.78 is 10.9. The highest BCUT2D eigenvalue weighted by Crippen LogP contribution is 2.36. The molecule has 3 heterocycles. The Labute approximate surface area is 201 Å². The van der Waals surface area contributed by atoms with Crippen LogP contribution in [0.1, 0.15) is 49.8 Å². The third kappa shape index (κ3) is 5.38. The Hall–Kier alpha value is -3.00. The zero-order valence-electron chi connectivity index (χ0n) is 20.3. The standard InChI is InChI=1S/C26H34N4O4/c1-19-7-4-5-9-22(19)34-23-16-27-15-21(28-23)20-8-6-12-30(17-20)25(32)26(2)10-13-29(14-11-26)24(31)18-33-3/h4-5,7,9,15-16,20H,6,8,10-14,17-18H2,1-3H3/t20-/m1/s1. The van der Waals surface area contributed by atoms with Gasteiger partial charge in [0.1, 0.15) is 12.4 Å². The summed E-state index contributed by atoms with van der Waals surface area (Å²) in [7, 11) is 1.52. The molecule has 8 nitrogen and oxygen atoms in total. The van der Waals surface area contributed by atoms with E-state index in [9.17, 15) is 9.59 Å². The lowest BCUT2D eigenvalue weighted by atomic mass is 9.78. The van der Waals surface area contributed by atoms with Gasteiger partial charge in [-0.2, -0.15) is 0 Å². The molecule has 2 aromatic rings. The van der Waals surface area contributed by atoms with Crippen molar-refractivity contribution < 1.29 is 19.1 Å². The topological polar surface area (TPSA) is 84.9 Å². The van der Waals surface area contributed by atoms with E-state index in [-0.39, 0.29) is 24.3 Å². The lowest BCUT2D eigenvalue weighted by Gasteiger charge is -2.43. The molecule has 2 fully saturated rings. The minimum Gasteiger partial charge on any atom is -0.437 e. The summed E-state index contributed by atoms with van der Waals surface area (Å²) in [6.45, 7) is 6.68. The minimum absolute atomic E-state index is 0.0126. The van der Waals surface area contributed by atoms with Gasteiger partial charge in [-0.1, -0.05) is 25.1 Å². The highest BCUT2D eigenvalue weighted by atomic mass is 16.5. The fraction of sp³-hybridized carbons (Fsp3) is 0.538. The number of carbonyl (C=O) groups excluding carboxylic acids is 2. The van der Waals surface area contributed by atoms with Gasteiger partial charge in [0.15, 0.2) is 0 Å². The smallest absolute Gasteiger partial charge is 0.248 e. The number of benzene rings is 1. The molecule has 1 aromatic heterocycles. The number of aryl methyl sites for hydroxylation is 1. The van der Waals surface area contributed by atoms with E-state index in [0.717, 1.165) is 36.4 Å². The lowest BCUT2D eigenvalue weighted by molar-refractivity contribution is -0.149. The molecule has 34 heavy (non-hydrogen) atoms. The number of amides is 2. The van der Waals surface area contributed by atoms with Gasteiger partial charge in [-0.25, -0.2) is 4.98 Å². The van der Waals surface area contributed by atoms with Crippen molar-refractivity contribution in [2.45, 2.75) is 45.4 Å². The zero-order chi connectivity index (χ0) is 24.1. The SMILES string of the molecule is COCC(=O)N1CCC(C)(C(=O)N2CCC[C@@H](c3cncc(Oc4ccccc4C)n3)C2)CC1. The fourth-order valence-electron chi connectivity index (χ4n) is 4.85. The molecule has 0 bridgehead atoms. The number of nitrogens with zero attached hydrogens (tertiary/aromatic N) is 4. The van der Waals surface area contributed by atoms with Crippen LogP contribution in [0.25, 0.3) is 0 Å². The Morgan fingerprint density at radius 2 is 1.88 bits per heavy atom. The largest absolute Gasteiger partial charge is 0.437 e. The minimum atomic E-state index is -0.451. The Morgan fingerprint density at radius 3 is 2.62 bits per heavy atom. The number of carbonyl (C=O) groups is 2. The average Bonchev–Trinajstić information content (AvgIpc) is 2.86. The number of hydrogen-bond acceptors (Lipinski definition) is 6. The van der Waals surface area contributed by atoms with Crippen molar-refractivity contribution in [3.8, 4) is 11.6 Å². The molecule has 0 spiro atoms. The predicted octanol–water partition coefficient (Wildman–Crippen LogP) is 3.56. The van der Waals surface area contributed by atoms with Crippen LogP contribution in [-0.2, 0) is 14.3 Å². The first-order valence-electron chi connectivity index (χ1n) is 12.0. The number of aromatic nitrogens is 2. The molecule has 0 radical (unpaired) electrons. The van der Waals surface area contributed by atoms with Gasteiger partial charge in [0.25, 0.3) is 0 Å². The maximum Gasteiger partial charge on any atom is 0.248 e. The van der Waals surface area contributed by atoms with Crippen LogP contribution in [0, 0.1) is 12.3 Å². The van der Waals surface area contributed by atoms with Gasteiger partial charge < -0.3 is 19.3 Å². The average molecular weight is 467 g/mol. The number of likely N-dealkylation sites (tertiary alicyclic amines) is 2. The van der Waals surface area contributed by atoms with Crippen LogP contribution < -0.4 is 4.74 Å². The molecule has 0 saturated carbocycles. The summed E-state index contributed by atoms with van der Waals surface area (Å²) in [6, 6.07) is 7.82. The second-order valence-corrected chi connectivity index (χ2v) is 9.61. The van der Waals surface area contributed by atoms with E-state index in [1.54, 1.807) is 17.3 Å². The number of rotatable bonds is 6. The van der Waals surface area contributed by atoms with Gasteiger partial charge in [0.2, 0.25) is 17.7 Å². The van der Waals surface area contributed by atoms with Crippen LogP contribution in [0.4, 0.5) is 0 Å². The van der Waals surface area contributed by atoms with E-state index in [2.05, 4.69) is 4.98 Å². The van der Waals surface area contributed by atoms with Gasteiger partial charge in [-0.05, 0) is 44.2 Å². The summed E-state index contributed by atoms with van der Waals surface area (Å²) in [5.74, 6) is 1.52. The third-order valence-electron chi connectivity index (χ3n) is 7.07. The van der Waals surface area contributed by atoms with Crippen LogP contribution >= 0.6 is 0 Å². The van der Waals surface area contributed by atoms with E-state index >= 15 is 0 Å². The molecule has 1 atom stereocenters. The Bertz CT molecular complexity index is 1020. The molecule has 0 unspecified atom stereocenters.